The van der Waals surface area contributed by atoms with Crippen molar-refractivity contribution in [3.63, 3.8) is 0 Å². The van der Waals surface area contributed by atoms with Gasteiger partial charge in [-0.3, -0.25) is 0 Å². The van der Waals surface area contributed by atoms with E-state index in [-0.39, 0.29) is 0 Å². The predicted molar refractivity (Wildman–Crippen MR) is 71.7 cm³/mol. The molecule has 0 bridgehead atoms. The summed E-state index contributed by atoms with van der Waals surface area (Å²) in [6, 6.07) is 3.95. The molecular weight excluding hydrogens is 228 g/mol. The number of aliphatic hydroxyl groups is 1. The van der Waals surface area contributed by atoms with Gasteiger partial charge in [-0.25, -0.2) is 4.52 Å². The first-order valence-electron chi connectivity index (χ1n) is 6.03. The third-order valence-electron chi connectivity index (χ3n) is 3.45. The molecule has 98 valence electrons. The molecule has 0 unspecified atom stereocenters. The van der Waals surface area contributed by atoms with E-state index in [1.807, 2.05) is 39.1 Å². The van der Waals surface area contributed by atoms with Crippen LogP contribution >= 0.6 is 0 Å². The van der Waals surface area contributed by atoms with E-state index >= 15 is 0 Å². The fraction of sp³-hybridized carbons (Fsp3) is 0.538. The second kappa shape index (κ2) is 3.95. The van der Waals surface area contributed by atoms with Crippen LogP contribution in [0.5, 0.6) is 0 Å². The average molecular weight is 248 g/mol. The van der Waals surface area contributed by atoms with Crippen LogP contribution in [0.15, 0.2) is 18.3 Å². The summed E-state index contributed by atoms with van der Waals surface area (Å²) in [4.78, 5) is 4.40. The Morgan fingerprint density at radius 1 is 1.28 bits per heavy atom. The predicted octanol–water partition coefficient (Wildman–Crippen LogP) is 2.00. The second-order valence-electron chi connectivity index (χ2n) is 5.75. The van der Waals surface area contributed by atoms with Gasteiger partial charge in [-0.2, -0.15) is 4.98 Å². The van der Waals surface area contributed by atoms with Crippen molar-refractivity contribution in [3.05, 3.63) is 23.9 Å². The lowest BCUT2D eigenvalue weighted by molar-refractivity contribution is 0.0237. The summed E-state index contributed by atoms with van der Waals surface area (Å²) in [5, 5.41) is 17.6. The van der Waals surface area contributed by atoms with Gasteiger partial charge in [0.1, 0.15) is 0 Å². The first kappa shape index (κ1) is 12.8. The number of nitrogens with zero attached hydrogens (tertiary/aromatic N) is 3. The lowest BCUT2D eigenvalue weighted by Gasteiger charge is -2.37. The Labute approximate surface area is 107 Å². The Morgan fingerprint density at radius 2 is 1.94 bits per heavy atom. The maximum absolute atomic E-state index is 10.1. The van der Waals surface area contributed by atoms with E-state index in [4.69, 9.17) is 0 Å². The lowest BCUT2D eigenvalue weighted by atomic mass is 9.86. The topological polar surface area (TPSA) is 62.5 Å². The van der Waals surface area contributed by atoms with Crippen LogP contribution in [0.1, 0.15) is 33.3 Å². The molecule has 0 saturated heterocycles. The molecule has 0 amide bonds. The van der Waals surface area contributed by atoms with Crippen molar-refractivity contribution in [2.75, 3.05) is 5.32 Å². The average Bonchev–Trinajstić information content (AvgIpc) is 2.56. The SMILES string of the molecule is Cc1ccn2nc(NC(C)(C)C(C)(C)O)nc2c1. The fourth-order valence-electron chi connectivity index (χ4n) is 1.47. The van der Waals surface area contributed by atoms with E-state index < -0.39 is 11.1 Å². The van der Waals surface area contributed by atoms with Crippen molar-refractivity contribution < 1.29 is 5.11 Å². The quantitative estimate of drug-likeness (QED) is 0.872. The number of aryl methyl sites for hydroxylation is 1. The molecule has 0 aliphatic heterocycles. The number of hydrogen-bond acceptors (Lipinski definition) is 4. The molecule has 2 N–H and O–H groups in total. The second-order valence-corrected chi connectivity index (χ2v) is 5.75. The van der Waals surface area contributed by atoms with Gasteiger partial charge in [0.15, 0.2) is 5.65 Å². The summed E-state index contributed by atoms with van der Waals surface area (Å²) in [7, 11) is 0. The van der Waals surface area contributed by atoms with Crippen molar-refractivity contribution in [1.82, 2.24) is 14.6 Å². The van der Waals surface area contributed by atoms with Crippen LogP contribution in [0.3, 0.4) is 0 Å². The standard InChI is InChI=1S/C13H20N4O/c1-9-6-7-17-10(8-9)14-11(16-17)15-12(2,3)13(4,5)18/h6-8,18H,1-5H3,(H,15,16). The summed E-state index contributed by atoms with van der Waals surface area (Å²) in [6.45, 7) is 9.39. The molecule has 5 nitrogen and oxygen atoms in total. The lowest BCUT2D eigenvalue weighted by Crippen LogP contribution is -2.51. The molecule has 0 aromatic carbocycles. The monoisotopic (exact) mass is 248 g/mol. The van der Waals surface area contributed by atoms with Crippen LogP contribution in [0.2, 0.25) is 0 Å². The van der Waals surface area contributed by atoms with Gasteiger partial charge in [0.25, 0.3) is 0 Å². The highest BCUT2D eigenvalue weighted by Gasteiger charge is 2.35. The summed E-state index contributed by atoms with van der Waals surface area (Å²) < 4.78 is 1.72. The van der Waals surface area contributed by atoms with Gasteiger partial charge >= 0.3 is 0 Å². The molecule has 0 atom stereocenters. The zero-order chi connectivity index (χ0) is 13.6. The number of nitrogens with one attached hydrogen (secondary N) is 1. The molecule has 5 heteroatoms. The van der Waals surface area contributed by atoms with Gasteiger partial charge < -0.3 is 10.4 Å². The Balaban J connectivity index is 2.33. The number of fused-ring (bicyclic) bond motifs is 1. The zero-order valence-electron chi connectivity index (χ0n) is 11.5. The van der Waals surface area contributed by atoms with E-state index in [9.17, 15) is 5.11 Å². The van der Waals surface area contributed by atoms with Crippen LogP contribution in [0.25, 0.3) is 5.65 Å². The third-order valence-corrected chi connectivity index (χ3v) is 3.45. The minimum absolute atomic E-state index is 0.521. The van der Waals surface area contributed by atoms with E-state index in [1.54, 1.807) is 18.4 Å². The highest BCUT2D eigenvalue weighted by molar-refractivity contribution is 5.46. The molecular formula is C13H20N4O. The van der Waals surface area contributed by atoms with Crippen LogP contribution in [0, 0.1) is 6.92 Å². The molecule has 2 rings (SSSR count). The van der Waals surface area contributed by atoms with Crippen molar-refractivity contribution in [2.24, 2.45) is 0 Å². The minimum Gasteiger partial charge on any atom is -0.388 e. The van der Waals surface area contributed by atoms with E-state index in [2.05, 4.69) is 15.4 Å². The molecule has 18 heavy (non-hydrogen) atoms. The molecule has 2 heterocycles. The van der Waals surface area contributed by atoms with Gasteiger partial charge in [-0.1, -0.05) is 0 Å². The number of anilines is 1. The summed E-state index contributed by atoms with van der Waals surface area (Å²) in [6.07, 6.45) is 1.87. The third kappa shape index (κ3) is 2.31. The van der Waals surface area contributed by atoms with Gasteiger partial charge in [-0.05, 0) is 52.3 Å². The molecule has 0 spiro atoms. The Morgan fingerprint density at radius 3 is 2.56 bits per heavy atom. The van der Waals surface area contributed by atoms with Crippen molar-refractivity contribution >= 4 is 11.6 Å². The summed E-state index contributed by atoms with van der Waals surface area (Å²) >= 11 is 0. The minimum atomic E-state index is -0.875. The van der Waals surface area contributed by atoms with E-state index in [1.165, 1.54) is 0 Å². The first-order chi connectivity index (χ1) is 8.19. The number of rotatable bonds is 3. The van der Waals surface area contributed by atoms with Crippen LogP contribution < -0.4 is 5.32 Å². The molecule has 0 aliphatic carbocycles. The van der Waals surface area contributed by atoms with Crippen LogP contribution in [0.4, 0.5) is 5.95 Å². The number of aromatic nitrogens is 3. The molecule has 0 fully saturated rings. The van der Waals surface area contributed by atoms with Gasteiger partial charge in [0.05, 0.1) is 11.1 Å². The molecule has 0 saturated carbocycles. The van der Waals surface area contributed by atoms with Crippen LogP contribution in [-0.2, 0) is 0 Å². The van der Waals surface area contributed by atoms with Gasteiger partial charge in [0, 0.05) is 6.20 Å². The summed E-state index contributed by atoms with van der Waals surface area (Å²) in [5.41, 5.74) is 0.542. The largest absolute Gasteiger partial charge is 0.388 e. The van der Waals surface area contributed by atoms with Crippen molar-refractivity contribution in [2.45, 2.75) is 45.8 Å². The smallest absolute Gasteiger partial charge is 0.243 e. The fourth-order valence-corrected chi connectivity index (χ4v) is 1.47. The Kier molecular flexibility index (Phi) is 2.81. The first-order valence-corrected chi connectivity index (χ1v) is 6.03. The number of hydrogen-bond donors (Lipinski definition) is 2. The normalized spacial score (nSPS) is 13.0. The highest BCUT2D eigenvalue weighted by atomic mass is 16.3. The van der Waals surface area contributed by atoms with Gasteiger partial charge in [0.2, 0.25) is 5.95 Å². The van der Waals surface area contributed by atoms with Gasteiger partial charge in [-0.15, -0.1) is 5.10 Å². The Bertz CT molecular complexity index is 566. The molecule has 0 radical (unpaired) electrons. The Hall–Kier alpha value is -1.62. The molecule has 2 aromatic rings. The maximum atomic E-state index is 10.1. The zero-order valence-corrected chi connectivity index (χ0v) is 11.5. The van der Waals surface area contributed by atoms with E-state index in [0.29, 0.717) is 5.95 Å². The maximum Gasteiger partial charge on any atom is 0.243 e. The number of pyridine rings is 1. The van der Waals surface area contributed by atoms with Crippen molar-refractivity contribution in [1.29, 1.82) is 0 Å². The van der Waals surface area contributed by atoms with Crippen molar-refractivity contribution in [3.8, 4) is 0 Å². The molecule has 0 aliphatic rings. The summed E-state index contributed by atoms with van der Waals surface area (Å²) in [5.74, 6) is 0.521. The highest BCUT2D eigenvalue weighted by Crippen LogP contribution is 2.24. The molecule has 2 aromatic heterocycles. The van der Waals surface area contributed by atoms with E-state index in [0.717, 1.165) is 11.2 Å². The van der Waals surface area contributed by atoms with Crippen LogP contribution in [-0.4, -0.2) is 30.8 Å².